The first-order valence-electron chi connectivity index (χ1n) is 6.71. The lowest BCUT2D eigenvalue weighted by Crippen LogP contribution is -2.26. The number of hydrogen-bond acceptors (Lipinski definition) is 2. The zero-order valence-corrected chi connectivity index (χ0v) is 13.2. The molecule has 0 amide bonds. The standard InChI is InChI=1S/C16H18BrFN2/c1-3-20-16(11(2)12-6-8-19-9-7-12)14-10-13(18)4-5-15(14)17/h4-11,16,20H,3H2,1-2H3. The molecule has 106 valence electrons. The average molecular weight is 337 g/mol. The predicted molar refractivity (Wildman–Crippen MR) is 83.2 cm³/mol. The van der Waals surface area contributed by atoms with Crippen molar-refractivity contribution in [2.75, 3.05) is 6.54 Å². The Morgan fingerprint density at radius 3 is 2.60 bits per heavy atom. The largest absolute Gasteiger partial charge is 0.310 e. The second-order valence-corrected chi connectivity index (χ2v) is 5.62. The van der Waals surface area contributed by atoms with Crippen LogP contribution in [-0.4, -0.2) is 11.5 Å². The summed E-state index contributed by atoms with van der Waals surface area (Å²) in [5, 5.41) is 3.45. The molecule has 1 aromatic carbocycles. The monoisotopic (exact) mass is 336 g/mol. The topological polar surface area (TPSA) is 24.9 Å². The molecule has 0 fully saturated rings. The van der Waals surface area contributed by atoms with Gasteiger partial charge in [-0.25, -0.2) is 4.39 Å². The molecule has 0 saturated heterocycles. The van der Waals surface area contributed by atoms with E-state index in [0.29, 0.717) is 0 Å². The van der Waals surface area contributed by atoms with E-state index in [9.17, 15) is 4.39 Å². The molecule has 2 aromatic rings. The van der Waals surface area contributed by atoms with Gasteiger partial charge in [0.25, 0.3) is 0 Å². The number of nitrogens with zero attached hydrogens (tertiary/aromatic N) is 1. The maximum Gasteiger partial charge on any atom is 0.123 e. The van der Waals surface area contributed by atoms with Crippen LogP contribution < -0.4 is 5.32 Å². The third kappa shape index (κ3) is 3.44. The summed E-state index contributed by atoms with van der Waals surface area (Å²) in [4.78, 5) is 4.05. The number of rotatable bonds is 5. The SMILES string of the molecule is CCNC(c1cc(F)ccc1Br)C(C)c1ccncc1. The van der Waals surface area contributed by atoms with E-state index in [1.165, 1.54) is 11.6 Å². The van der Waals surface area contributed by atoms with Crippen molar-refractivity contribution in [1.82, 2.24) is 10.3 Å². The Morgan fingerprint density at radius 1 is 1.25 bits per heavy atom. The van der Waals surface area contributed by atoms with Gasteiger partial charge in [-0.2, -0.15) is 0 Å². The molecule has 0 radical (unpaired) electrons. The van der Waals surface area contributed by atoms with Gasteiger partial charge < -0.3 is 5.32 Å². The van der Waals surface area contributed by atoms with E-state index in [1.807, 2.05) is 12.1 Å². The Bertz CT molecular complexity index is 560. The normalized spacial score (nSPS) is 14.0. The lowest BCUT2D eigenvalue weighted by Gasteiger charge is -2.26. The van der Waals surface area contributed by atoms with Crippen molar-refractivity contribution >= 4 is 15.9 Å². The maximum absolute atomic E-state index is 13.6. The van der Waals surface area contributed by atoms with Crippen LogP contribution in [0.25, 0.3) is 0 Å². The van der Waals surface area contributed by atoms with Gasteiger partial charge in [-0.15, -0.1) is 0 Å². The van der Waals surface area contributed by atoms with Crippen LogP contribution >= 0.6 is 15.9 Å². The van der Waals surface area contributed by atoms with Gasteiger partial charge in [0.2, 0.25) is 0 Å². The fourth-order valence-corrected chi connectivity index (χ4v) is 2.88. The van der Waals surface area contributed by atoms with E-state index >= 15 is 0 Å². The van der Waals surface area contributed by atoms with Crippen molar-refractivity contribution in [2.45, 2.75) is 25.8 Å². The molecule has 0 aliphatic heterocycles. The molecule has 1 heterocycles. The maximum atomic E-state index is 13.6. The molecule has 20 heavy (non-hydrogen) atoms. The Kier molecular flexibility index (Phi) is 5.26. The molecule has 2 nitrogen and oxygen atoms in total. The molecule has 2 rings (SSSR count). The van der Waals surface area contributed by atoms with Crippen molar-refractivity contribution in [3.63, 3.8) is 0 Å². The molecule has 0 saturated carbocycles. The van der Waals surface area contributed by atoms with Crippen LogP contribution in [0.4, 0.5) is 4.39 Å². The van der Waals surface area contributed by atoms with Crippen LogP contribution in [-0.2, 0) is 0 Å². The van der Waals surface area contributed by atoms with Gasteiger partial charge in [0.15, 0.2) is 0 Å². The van der Waals surface area contributed by atoms with Crippen molar-refractivity contribution in [1.29, 1.82) is 0 Å². The van der Waals surface area contributed by atoms with E-state index in [1.54, 1.807) is 24.5 Å². The molecule has 0 bridgehead atoms. The number of halogens is 2. The lowest BCUT2D eigenvalue weighted by molar-refractivity contribution is 0.474. The number of hydrogen-bond donors (Lipinski definition) is 1. The summed E-state index contributed by atoms with van der Waals surface area (Å²) in [6.45, 7) is 5.02. The van der Waals surface area contributed by atoms with E-state index in [0.717, 1.165) is 16.6 Å². The van der Waals surface area contributed by atoms with Gasteiger partial charge in [-0.05, 0) is 48.0 Å². The highest BCUT2D eigenvalue weighted by atomic mass is 79.9. The number of aromatic nitrogens is 1. The zero-order valence-electron chi connectivity index (χ0n) is 11.6. The first-order chi connectivity index (χ1) is 9.63. The molecular formula is C16H18BrFN2. The fraction of sp³-hybridized carbons (Fsp3) is 0.312. The van der Waals surface area contributed by atoms with Gasteiger partial charge in [0.1, 0.15) is 5.82 Å². The number of pyridine rings is 1. The third-order valence-electron chi connectivity index (χ3n) is 3.45. The van der Waals surface area contributed by atoms with Crippen LogP contribution in [0.15, 0.2) is 47.2 Å². The van der Waals surface area contributed by atoms with Crippen molar-refractivity contribution in [3.05, 3.63) is 64.1 Å². The fourth-order valence-electron chi connectivity index (χ4n) is 2.39. The van der Waals surface area contributed by atoms with E-state index in [2.05, 4.69) is 40.1 Å². The summed E-state index contributed by atoms with van der Waals surface area (Å²) in [7, 11) is 0. The minimum Gasteiger partial charge on any atom is -0.310 e. The molecule has 2 atom stereocenters. The van der Waals surface area contributed by atoms with Crippen molar-refractivity contribution < 1.29 is 4.39 Å². The summed E-state index contributed by atoms with van der Waals surface area (Å²) in [5.41, 5.74) is 2.12. The highest BCUT2D eigenvalue weighted by Crippen LogP contribution is 2.34. The van der Waals surface area contributed by atoms with Crippen LogP contribution in [0.3, 0.4) is 0 Å². The summed E-state index contributed by atoms with van der Waals surface area (Å²) in [6, 6.07) is 8.87. The third-order valence-corrected chi connectivity index (χ3v) is 4.17. The van der Waals surface area contributed by atoms with Crippen LogP contribution in [0.2, 0.25) is 0 Å². The number of nitrogens with one attached hydrogen (secondary N) is 1. The molecule has 1 aromatic heterocycles. The van der Waals surface area contributed by atoms with Crippen molar-refractivity contribution in [3.8, 4) is 0 Å². The van der Waals surface area contributed by atoms with Gasteiger partial charge >= 0.3 is 0 Å². The zero-order chi connectivity index (χ0) is 14.5. The number of likely N-dealkylation sites (N-methyl/N-ethyl adjacent to an activating group) is 1. The predicted octanol–water partition coefficient (Wildman–Crippen LogP) is 4.44. The Hall–Kier alpha value is -1.26. The summed E-state index contributed by atoms with van der Waals surface area (Å²) in [5.74, 6) is 0.00378. The smallest absolute Gasteiger partial charge is 0.123 e. The molecule has 0 aliphatic rings. The molecule has 0 aliphatic carbocycles. The van der Waals surface area contributed by atoms with E-state index in [-0.39, 0.29) is 17.8 Å². The van der Waals surface area contributed by atoms with Crippen LogP contribution in [0, 0.1) is 5.82 Å². The van der Waals surface area contributed by atoms with Gasteiger partial charge in [0, 0.05) is 28.8 Å². The molecule has 1 N–H and O–H groups in total. The summed E-state index contributed by atoms with van der Waals surface area (Å²) >= 11 is 3.52. The van der Waals surface area contributed by atoms with Gasteiger partial charge in [-0.3, -0.25) is 4.98 Å². The molecule has 0 spiro atoms. The minimum atomic E-state index is -0.215. The summed E-state index contributed by atoms with van der Waals surface area (Å²) in [6.07, 6.45) is 3.57. The average Bonchev–Trinajstić information content (AvgIpc) is 2.48. The Balaban J connectivity index is 2.38. The highest BCUT2D eigenvalue weighted by molar-refractivity contribution is 9.10. The molecular weight excluding hydrogens is 319 g/mol. The minimum absolute atomic E-state index is 0.0486. The van der Waals surface area contributed by atoms with Gasteiger partial charge in [-0.1, -0.05) is 29.8 Å². The van der Waals surface area contributed by atoms with Crippen molar-refractivity contribution in [2.24, 2.45) is 0 Å². The van der Waals surface area contributed by atoms with Crippen LogP contribution in [0.1, 0.15) is 36.9 Å². The Labute approximate surface area is 127 Å². The Morgan fingerprint density at radius 2 is 1.95 bits per heavy atom. The first kappa shape index (κ1) is 15.1. The first-order valence-corrected chi connectivity index (χ1v) is 7.51. The second kappa shape index (κ2) is 6.95. The van der Waals surface area contributed by atoms with Crippen LogP contribution in [0.5, 0.6) is 0 Å². The summed E-state index contributed by atoms with van der Waals surface area (Å²) < 4.78 is 14.5. The molecule has 4 heteroatoms. The highest BCUT2D eigenvalue weighted by Gasteiger charge is 2.22. The number of benzene rings is 1. The van der Waals surface area contributed by atoms with E-state index < -0.39 is 0 Å². The van der Waals surface area contributed by atoms with Gasteiger partial charge in [0.05, 0.1) is 0 Å². The van der Waals surface area contributed by atoms with E-state index in [4.69, 9.17) is 0 Å². The second-order valence-electron chi connectivity index (χ2n) is 4.77. The quantitative estimate of drug-likeness (QED) is 0.873. The molecule has 2 unspecified atom stereocenters. The lowest BCUT2D eigenvalue weighted by atomic mass is 9.89.